The summed E-state index contributed by atoms with van der Waals surface area (Å²) >= 11 is 0. The normalized spacial score (nSPS) is 13.9. The highest BCUT2D eigenvalue weighted by atomic mass is 16.5. The van der Waals surface area contributed by atoms with E-state index in [2.05, 4.69) is 15.3 Å². The Labute approximate surface area is 101 Å². The Kier molecular flexibility index (Phi) is 4.96. The van der Waals surface area contributed by atoms with Gasteiger partial charge in [-0.05, 0) is 12.8 Å². The smallest absolute Gasteiger partial charge is 0.229 e. The predicted molar refractivity (Wildman–Crippen MR) is 64.5 cm³/mol. The van der Waals surface area contributed by atoms with E-state index in [9.17, 15) is 0 Å². The number of aliphatic hydroxyl groups is 1. The summed E-state index contributed by atoms with van der Waals surface area (Å²) < 4.78 is 10.1. The van der Waals surface area contributed by atoms with Crippen LogP contribution in [0.15, 0.2) is 6.07 Å². The van der Waals surface area contributed by atoms with Gasteiger partial charge in [0.2, 0.25) is 17.7 Å². The monoisotopic (exact) mass is 241 g/mol. The van der Waals surface area contributed by atoms with E-state index >= 15 is 0 Å². The summed E-state index contributed by atoms with van der Waals surface area (Å²) in [5.41, 5.74) is 0. The topological polar surface area (TPSA) is 76.5 Å². The molecule has 2 unspecified atom stereocenters. The van der Waals surface area contributed by atoms with E-state index in [0.29, 0.717) is 17.7 Å². The van der Waals surface area contributed by atoms with E-state index in [-0.39, 0.29) is 18.6 Å². The minimum absolute atomic E-state index is 0.0526. The Morgan fingerprint density at radius 3 is 2.18 bits per heavy atom. The van der Waals surface area contributed by atoms with E-state index in [1.807, 2.05) is 13.8 Å². The highest BCUT2D eigenvalue weighted by Crippen LogP contribution is 2.18. The first-order valence-electron chi connectivity index (χ1n) is 5.45. The quantitative estimate of drug-likeness (QED) is 0.771. The number of methoxy groups -OCH3 is 2. The molecule has 6 heteroatoms. The Morgan fingerprint density at radius 2 is 1.76 bits per heavy atom. The Balaban J connectivity index is 2.82. The molecular weight excluding hydrogens is 222 g/mol. The van der Waals surface area contributed by atoms with Crippen molar-refractivity contribution >= 4 is 5.95 Å². The van der Waals surface area contributed by atoms with Gasteiger partial charge in [-0.25, -0.2) is 0 Å². The molecule has 2 atom stereocenters. The molecule has 1 rings (SSSR count). The molecule has 0 radical (unpaired) electrons. The molecule has 1 aromatic rings. The second-order valence-electron chi connectivity index (χ2n) is 3.87. The summed E-state index contributed by atoms with van der Waals surface area (Å²) in [6.07, 6.45) is 0. The maximum absolute atomic E-state index is 9.05. The molecule has 0 aliphatic rings. The highest BCUT2D eigenvalue weighted by Gasteiger charge is 2.13. The second-order valence-corrected chi connectivity index (χ2v) is 3.87. The third-order valence-electron chi connectivity index (χ3n) is 2.60. The highest BCUT2D eigenvalue weighted by molar-refractivity contribution is 5.34. The molecule has 0 bridgehead atoms. The van der Waals surface area contributed by atoms with Crippen LogP contribution in [-0.4, -0.2) is 41.9 Å². The van der Waals surface area contributed by atoms with Gasteiger partial charge in [0.05, 0.1) is 20.3 Å². The lowest BCUT2D eigenvalue weighted by molar-refractivity contribution is 0.226. The summed E-state index contributed by atoms with van der Waals surface area (Å²) in [6, 6.07) is 1.66. The first-order chi connectivity index (χ1) is 8.10. The van der Waals surface area contributed by atoms with Crippen molar-refractivity contribution in [2.75, 3.05) is 26.1 Å². The number of anilines is 1. The van der Waals surface area contributed by atoms with Crippen LogP contribution in [0.25, 0.3) is 0 Å². The number of nitrogens with zero attached hydrogens (tertiary/aromatic N) is 2. The molecule has 0 saturated heterocycles. The van der Waals surface area contributed by atoms with Crippen molar-refractivity contribution in [1.82, 2.24) is 9.97 Å². The van der Waals surface area contributed by atoms with Gasteiger partial charge in [0.1, 0.15) is 0 Å². The van der Waals surface area contributed by atoms with Crippen molar-refractivity contribution in [1.29, 1.82) is 0 Å². The fraction of sp³-hybridized carbons (Fsp3) is 0.636. The van der Waals surface area contributed by atoms with Crippen LogP contribution >= 0.6 is 0 Å². The van der Waals surface area contributed by atoms with E-state index in [1.165, 1.54) is 14.2 Å². The van der Waals surface area contributed by atoms with Crippen molar-refractivity contribution < 1.29 is 14.6 Å². The average molecular weight is 241 g/mol. The molecule has 96 valence electrons. The fourth-order valence-corrected chi connectivity index (χ4v) is 1.18. The van der Waals surface area contributed by atoms with E-state index in [4.69, 9.17) is 14.6 Å². The minimum Gasteiger partial charge on any atom is -0.481 e. The summed E-state index contributed by atoms with van der Waals surface area (Å²) in [7, 11) is 3.07. The van der Waals surface area contributed by atoms with Crippen molar-refractivity contribution in [3.05, 3.63) is 6.07 Å². The molecule has 0 spiro atoms. The van der Waals surface area contributed by atoms with Gasteiger partial charge in [-0.1, -0.05) is 6.92 Å². The number of ether oxygens (including phenoxy) is 2. The molecule has 1 aromatic heterocycles. The molecule has 2 N–H and O–H groups in total. The Bertz CT molecular complexity index is 338. The number of nitrogens with one attached hydrogen (secondary N) is 1. The standard InChI is InChI=1S/C11H19N3O3/c1-7(6-15)8(2)12-11-13-9(16-3)5-10(14-11)17-4/h5,7-8,15H,6H2,1-4H3,(H,12,13,14). The van der Waals surface area contributed by atoms with Crippen molar-refractivity contribution in [3.8, 4) is 11.8 Å². The number of aromatic nitrogens is 2. The number of hydrogen-bond acceptors (Lipinski definition) is 6. The predicted octanol–water partition coefficient (Wildman–Crippen LogP) is 0.923. The summed E-state index contributed by atoms with van der Waals surface area (Å²) in [6.45, 7) is 4.00. The molecule has 0 saturated carbocycles. The number of rotatable bonds is 6. The van der Waals surface area contributed by atoms with Crippen LogP contribution in [0.5, 0.6) is 11.8 Å². The van der Waals surface area contributed by atoms with Gasteiger partial charge >= 0.3 is 0 Å². The Hall–Kier alpha value is -1.56. The van der Waals surface area contributed by atoms with Crippen molar-refractivity contribution in [3.63, 3.8) is 0 Å². The summed E-state index contributed by atoms with van der Waals surface area (Å²) in [4.78, 5) is 8.30. The second kappa shape index (κ2) is 6.24. The number of aliphatic hydroxyl groups excluding tert-OH is 1. The maximum Gasteiger partial charge on any atom is 0.229 e. The summed E-state index contributed by atoms with van der Waals surface area (Å²) in [5.74, 6) is 1.40. The van der Waals surface area contributed by atoms with Gasteiger partial charge in [0, 0.05) is 12.6 Å². The van der Waals surface area contributed by atoms with Gasteiger partial charge in [-0.2, -0.15) is 9.97 Å². The van der Waals surface area contributed by atoms with Crippen molar-refractivity contribution in [2.45, 2.75) is 19.9 Å². The van der Waals surface area contributed by atoms with Crippen molar-refractivity contribution in [2.24, 2.45) is 5.92 Å². The lowest BCUT2D eigenvalue weighted by atomic mass is 10.1. The van der Waals surface area contributed by atoms with Crippen LogP contribution in [0.1, 0.15) is 13.8 Å². The molecule has 0 aliphatic heterocycles. The molecule has 0 aromatic carbocycles. The largest absolute Gasteiger partial charge is 0.481 e. The molecule has 1 heterocycles. The Morgan fingerprint density at radius 1 is 1.24 bits per heavy atom. The van der Waals surface area contributed by atoms with Crippen LogP contribution in [0.3, 0.4) is 0 Å². The van der Waals surface area contributed by atoms with E-state index < -0.39 is 0 Å². The zero-order valence-electron chi connectivity index (χ0n) is 10.6. The zero-order valence-corrected chi connectivity index (χ0v) is 10.6. The molecule has 0 amide bonds. The van der Waals surface area contributed by atoms with Crippen LogP contribution in [0.4, 0.5) is 5.95 Å². The molecule has 0 aliphatic carbocycles. The van der Waals surface area contributed by atoms with Gasteiger partial charge in [0.15, 0.2) is 0 Å². The third kappa shape index (κ3) is 3.74. The zero-order chi connectivity index (χ0) is 12.8. The van der Waals surface area contributed by atoms with Crippen LogP contribution in [0, 0.1) is 5.92 Å². The first-order valence-corrected chi connectivity index (χ1v) is 5.45. The van der Waals surface area contributed by atoms with Gasteiger partial charge < -0.3 is 19.9 Å². The van der Waals surface area contributed by atoms with E-state index in [1.54, 1.807) is 6.07 Å². The lowest BCUT2D eigenvalue weighted by Gasteiger charge is -2.19. The maximum atomic E-state index is 9.05. The molecule has 17 heavy (non-hydrogen) atoms. The molecule has 6 nitrogen and oxygen atoms in total. The van der Waals surface area contributed by atoms with Gasteiger partial charge in [-0.15, -0.1) is 0 Å². The SMILES string of the molecule is COc1cc(OC)nc(NC(C)C(C)CO)n1. The van der Waals surface area contributed by atoms with E-state index in [0.717, 1.165) is 0 Å². The summed E-state index contributed by atoms with van der Waals surface area (Å²) in [5, 5.41) is 12.2. The average Bonchev–Trinajstić information content (AvgIpc) is 2.36. The van der Waals surface area contributed by atoms with Crippen LogP contribution < -0.4 is 14.8 Å². The lowest BCUT2D eigenvalue weighted by Crippen LogP contribution is -2.27. The van der Waals surface area contributed by atoms with Crippen LogP contribution in [-0.2, 0) is 0 Å². The van der Waals surface area contributed by atoms with Gasteiger partial charge in [0.25, 0.3) is 0 Å². The first kappa shape index (κ1) is 13.5. The minimum atomic E-state index is 0.0526. The van der Waals surface area contributed by atoms with Gasteiger partial charge in [-0.3, -0.25) is 0 Å². The fourth-order valence-electron chi connectivity index (χ4n) is 1.18. The number of hydrogen-bond donors (Lipinski definition) is 2. The molecule has 0 fully saturated rings. The molecular formula is C11H19N3O3. The third-order valence-corrected chi connectivity index (χ3v) is 2.60. The van der Waals surface area contributed by atoms with Crippen LogP contribution in [0.2, 0.25) is 0 Å².